The van der Waals surface area contributed by atoms with Crippen molar-refractivity contribution in [3.05, 3.63) is 29.6 Å². The molecule has 0 saturated heterocycles. The fourth-order valence-electron chi connectivity index (χ4n) is 2.46. The number of benzene rings is 1. The van der Waals surface area contributed by atoms with Crippen LogP contribution in [0.25, 0.3) is 0 Å². The van der Waals surface area contributed by atoms with Gasteiger partial charge in [0.15, 0.2) is 0 Å². The third-order valence-corrected chi connectivity index (χ3v) is 5.01. The third kappa shape index (κ3) is 4.36. The van der Waals surface area contributed by atoms with E-state index in [4.69, 9.17) is 5.11 Å². The second kappa shape index (κ2) is 7.33. The molecule has 0 radical (unpaired) electrons. The van der Waals surface area contributed by atoms with Crippen LogP contribution in [-0.2, 0) is 0 Å². The number of aliphatic hydroxyl groups is 1. The van der Waals surface area contributed by atoms with Crippen molar-refractivity contribution in [2.75, 3.05) is 18.9 Å². The lowest BCUT2D eigenvalue weighted by atomic mass is 9.90. The average Bonchev–Trinajstić information content (AvgIpc) is 2.46. The van der Waals surface area contributed by atoms with Crippen LogP contribution in [-0.4, -0.2) is 30.0 Å². The number of rotatable bonds is 5. The molecular weight excluding hydrogens is 303 g/mol. The molecule has 122 valence electrons. The van der Waals surface area contributed by atoms with E-state index in [1.807, 2.05) is 19.9 Å². The van der Waals surface area contributed by atoms with E-state index in [1.165, 1.54) is 17.8 Å². The van der Waals surface area contributed by atoms with Crippen molar-refractivity contribution in [2.24, 2.45) is 5.41 Å². The molecule has 1 unspecified atom stereocenters. The highest BCUT2D eigenvalue weighted by Crippen LogP contribution is 2.37. The lowest BCUT2D eigenvalue weighted by molar-refractivity contribution is 0.200. The summed E-state index contributed by atoms with van der Waals surface area (Å²) in [5, 5.41) is 14.8. The highest BCUT2D eigenvalue weighted by molar-refractivity contribution is 7.99. The molecule has 3 N–H and O–H groups in total. The molecule has 1 aliphatic rings. The summed E-state index contributed by atoms with van der Waals surface area (Å²) >= 11 is 1.50. The van der Waals surface area contributed by atoms with E-state index < -0.39 is 0 Å². The smallest absolute Gasteiger partial charge is 0.315 e. The van der Waals surface area contributed by atoms with Crippen molar-refractivity contribution in [3.63, 3.8) is 0 Å². The summed E-state index contributed by atoms with van der Waals surface area (Å²) in [7, 11) is 0. The number of fused-ring (bicyclic) bond motifs is 1. The van der Waals surface area contributed by atoms with Gasteiger partial charge in [0.2, 0.25) is 0 Å². The lowest BCUT2D eigenvalue weighted by Crippen LogP contribution is -2.43. The SMILES string of the molecule is CC(C)(CCO)CNC(=O)NC1CCSc2c(F)cccc21. The van der Waals surface area contributed by atoms with Gasteiger partial charge in [0.05, 0.1) is 6.04 Å². The largest absolute Gasteiger partial charge is 0.396 e. The van der Waals surface area contributed by atoms with Gasteiger partial charge in [0.1, 0.15) is 5.82 Å². The fourth-order valence-corrected chi connectivity index (χ4v) is 3.60. The van der Waals surface area contributed by atoms with E-state index >= 15 is 0 Å². The standard InChI is InChI=1S/C16H23FN2O2S/c1-16(2,7-8-20)10-18-15(21)19-13-6-9-22-14-11(13)4-3-5-12(14)17/h3-5,13,20H,6-10H2,1-2H3,(H2,18,19,21). The zero-order valence-electron chi connectivity index (χ0n) is 13.0. The van der Waals surface area contributed by atoms with E-state index in [0.29, 0.717) is 17.9 Å². The van der Waals surface area contributed by atoms with Gasteiger partial charge >= 0.3 is 6.03 Å². The molecule has 1 heterocycles. The van der Waals surface area contributed by atoms with Crippen molar-refractivity contribution in [2.45, 2.75) is 37.6 Å². The molecule has 0 fully saturated rings. The lowest BCUT2D eigenvalue weighted by Gasteiger charge is -2.28. The van der Waals surface area contributed by atoms with Crippen LogP contribution >= 0.6 is 11.8 Å². The number of urea groups is 1. The molecule has 6 heteroatoms. The molecule has 0 aromatic heterocycles. The maximum absolute atomic E-state index is 13.8. The van der Waals surface area contributed by atoms with Crippen LogP contribution in [0.4, 0.5) is 9.18 Å². The van der Waals surface area contributed by atoms with Crippen molar-refractivity contribution < 1.29 is 14.3 Å². The first-order chi connectivity index (χ1) is 10.4. The van der Waals surface area contributed by atoms with Gasteiger partial charge in [-0.1, -0.05) is 26.0 Å². The van der Waals surface area contributed by atoms with Crippen LogP contribution in [0.3, 0.4) is 0 Å². The van der Waals surface area contributed by atoms with Gasteiger partial charge in [-0.3, -0.25) is 0 Å². The Labute approximate surface area is 134 Å². The van der Waals surface area contributed by atoms with Crippen LogP contribution in [0, 0.1) is 11.2 Å². The molecule has 1 aromatic rings. The summed E-state index contributed by atoms with van der Waals surface area (Å²) in [6.45, 7) is 4.57. The summed E-state index contributed by atoms with van der Waals surface area (Å²) in [4.78, 5) is 12.7. The number of halogens is 1. The van der Waals surface area contributed by atoms with Gasteiger partial charge in [-0.25, -0.2) is 9.18 Å². The molecule has 1 aliphatic heterocycles. The summed E-state index contributed by atoms with van der Waals surface area (Å²) in [6.07, 6.45) is 1.41. The van der Waals surface area contributed by atoms with E-state index in [9.17, 15) is 9.18 Å². The molecule has 1 atom stereocenters. The Kier molecular flexibility index (Phi) is 5.69. The first-order valence-electron chi connectivity index (χ1n) is 7.49. The van der Waals surface area contributed by atoms with Crippen LogP contribution in [0.15, 0.2) is 23.1 Å². The molecular formula is C16H23FN2O2S. The van der Waals surface area contributed by atoms with Gasteiger partial charge < -0.3 is 15.7 Å². The third-order valence-electron chi connectivity index (χ3n) is 3.85. The van der Waals surface area contributed by atoms with Gasteiger partial charge in [0, 0.05) is 23.8 Å². The Bertz CT molecular complexity index is 537. The molecule has 1 aromatic carbocycles. The van der Waals surface area contributed by atoms with E-state index in [1.54, 1.807) is 6.07 Å². The number of amides is 2. The second-order valence-corrected chi connectivity index (χ2v) is 7.42. The first-order valence-corrected chi connectivity index (χ1v) is 8.48. The minimum atomic E-state index is -0.252. The molecule has 0 saturated carbocycles. The van der Waals surface area contributed by atoms with Crippen LogP contribution in [0.1, 0.15) is 38.3 Å². The Morgan fingerprint density at radius 1 is 1.50 bits per heavy atom. The zero-order valence-corrected chi connectivity index (χ0v) is 13.8. The zero-order chi connectivity index (χ0) is 16.2. The number of nitrogens with one attached hydrogen (secondary N) is 2. The topological polar surface area (TPSA) is 61.4 Å². The minimum absolute atomic E-state index is 0.1000. The van der Waals surface area contributed by atoms with Crippen LogP contribution in [0.5, 0.6) is 0 Å². The van der Waals surface area contributed by atoms with Crippen LogP contribution in [0.2, 0.25) is 0 Å². The summed E-state index contributed by atoms with van der Waals surface area (Å²) in [6, 6.07) is 4.58. The van der Waals surface area contributed by atoms with Crippen LogP contribution < -0.4 is 10.6 Å². The van der Waals surface area contributed by atoms with Crippen molar-refractivity contribution in [3.8, 4) is 0 Å². The molecule has 0 spiro atoms. The molecule has 2 rings (SSSR count). The maximum atomic E-state index is 13.8. The Hall–Kier alpha value is -1.27. The Morgan fingerprint density at radius 2 is 2.27 bits per heavy atom. The summed E-state index contributed by atoms with van der Waals surface area (Å²) < 4.78 is 13.8. The predicted molar refractivity (Wildman–Crippen MR) is 86.5 cm³/mol. The highest BCUT2D eigenvalue weighted by Gasteiger charge is 2.25. The van der Waals surface area contributed by atoms with Crippen molar-refractivity contribution in [1.82, 2.24) is 10.6 Å². The first kappa shape index (κ1) is 17.1. The normalized spacial score (nSPS) is 17.7. The molecule has 2 amide bonds. The number of aliphatic hydroxyl groups excluding tert-OH is 1. The monoisotopic (exact) mass is 326 g/mol. The predicted octanol–water partition coefficient (Wildman–Crippen LogP) is 3.07. The molecule has 0 aliphatic carbocycles. The second-order valence-electron chi connectivity index (χ2n) is 6.31. The van der Waals surface area contributed by atoms with E-state index in [2.05, 4.69) is 10.6 Å². The summed E-state index contributed by atoms with van der Waals surface area (Å²) in [5.74, 6) is 0.563. The molecule has 0 bridgehead atoms. The van der Waals surface area contributed by atoms with E-state index in [0.717, 1.165) is 17.7 Å². The van der Waals surface area contributed by atoms with Gasteiger partial charge in [-0.15, -0.1) is 11.8 Å². The van der Waals surface area contributed by atoms with Crippen molar-refractivity contribution >= 4 is 17.8 Å². The average molecular weight is 326 g/mol. The van der Waals surface area contributed by atoms with Gasteiger partial charge in [0.25, 0.3) is 0 Å². The quantitative estimate of drug-likeness (QED) is 0.779. The number of hydrogen-bond acceptors (Lipinski definition) is 3. The number of carbonyl (C=O) groups excluding carboxylic acids is 1. The van der Waals surface area contributed by atoms with E-state index in [-0.39, 0.29) is 29.9 Å². The van der Waals surface area contributed by atoms with Gasteiger partial charge in [-0.2, -0.15) is 0 Å². The number of carbonyl (C=O) groups is 1. The Balaban J connectivity index is 1.95. The highest BCUT2D eigenvalue weighted by atomic mass is 32.2. The summed E-state index contributed by atoms with van der Waals surface area (Å²) in [5.41, 5.74) is 0.694. The maximum Gasteiger partial charge on any atom is 0.315 e. The number of thioether (sulfide) groups is 1. The minimum Gasteiger partial charge on any atom is -0.396 e. The molecule has 22 heavy (non-hydrogen) atoms. The molecule has 4 nitrogen and oxygen atoms in total. The number of hydrogen-bond donors (Lipinski definition) is 3. The van der Waals surface area contributed by atoms with Crippen molar-refractivity contribution in [1.29, 1.82) is 0 Å². The Morgan fingerprint density at radius 3 is 3.00 bits per heavy atom. The fraction of sp³-hybridized carbons (Fsp3) is 0.562. The van der Waals surface area contributed by atoms with Gasteiger partial charge in [-0.05, 0) is 29.9 Å².